The number of phenolic OH excluding ortho intramolecular Hbond substituents is 1. The third-order valence-electron chi connectivity index (χ3n) is 5.66. The summed E-state index contributed by atoms with van der Waals surface area (Å²) in [5, 5.41) is 16.7. The van der Waals surface area contributed by atoms with Crippen LogP contribution in [0.25, 0.3) is 0 Å². The van der Waals surface area contributed by atoms with Gasteiger partial charge in [-0.15, -0.1) is 11.3 Å². The van der Waals surface area contributed by atoms with Crippen LogP contribution in [0.1, 0.15) is 30.2 Å². The van der Waals surface area contributed by atoms with Gasteiger partial charge in [0, 0.05) is 24.5 Å². The van der Waals surface area contributed by atoms with Gasteiger partial charge in [-0.2, -0.15) is 0 Å². The molecule has 0 saturated heterocycles. The Balaban J connectivity index is 1.94. The number of rotatable bonds is 15. The number of carbonyl (C=O) groups excluding carboxylic acids is 3. The number of benzene rings is 1. The maximum Gasteiger partial charge on any atom is 0.243 e. The van der Waals surface area contributed by atoms with Crippen LogP contribution >= 0.6 is 11.3 Å². The predicted molar refractivity (Wildman–Crippen MR) is 145 cm³/mol. The molecule has 202 valence electrons. The summed E-state index contributed by atoms with van der Waals surface area (Å²) in [4.78, 5) is 45.2. The number of nitrogens with one attached hydrogen (secondary N) is 2. The van der Waals surface area contributed by atoms with Crippen LogP contribution in [-0.2, 0) is 27.2 Å². The van der Waals surface area contributed by atoms with E-state index in [0.717, 1.165) is 12.0 Å². The number of carbonyl (C=O) groups is 3. The quantitative estimate of drug-likeness (QED) is 0.106. The zero-order chi connectivity index (χ0) is 27.2. The van der Waals surface area contributed by atoms with Gasteiger partial charge in [0.2, 0.25) is 17.7 Å². The average Bonchev–Trinajstić information content (AvgIpc) is 3.39. The first-order valence-corrected chi connectivity index (χ1v) is 13.0. The highest BCUT2D eigenvalue weighted by atomic mass is 32.1. The highest BCUT2D eigenvalue weighted by Gasteiger charge is 2.24. The molecule has 11 nitrogen and oxygen atoms in total. The summed E-state index contributed by atoms with van der Waals surface area (Å²) >= 11 is 1.64. The number of aliphatic imine (C=N–C) groups is 1. The number of hydrogen-bond acceptors (Lipinski definition) is 7. The fourth-order valence-corrected chi connectivity index (χ4v) is 4.28. The van der Waals surface area contributed by atoms with E-state index in [1.54, 1.807) is 28.4 Å². The van der Waals surface area contributed by atoms with E-state index < -0.39 is 23.9 Å². The van der Waals surface area contributed by atoms with Crippen molar-refractivity contribution in [1.82, 2.24) is 15.5 Å². The molecule has 2 rings (SSSR count). The highest BCUT2D eigenvalue weighted by molar-refractivity contribution is 7.09. The number of amides is 3. The Hall–Kier alpha value is -3.64. The second-order valence-electron chi connectivity index (χ2n) is 8.51. The molecule has 2 aromatic rings. The maximum absolute atomic E-state index is 12.9. The Morgan fingerprint density at radius 3 is 2.49 bits per heavy atom. The van der Waals surface area contributed by atoms with Crippen molar-refractivity contribution in [3.63, 3.8) is 0 Å². The predicted octanol–water partition coefficient (Wildman–Crippen LogP) is 0.0693. The molecule has 0 aliphatic rings. The van der Waals surface area contributed by atoms with Crippen molar-refractivity contribution in [1.29, 1.82) is 0 Å². The summed E-state index contributed by atoms with van der Waals surface area (Å²) in [6, 6.07) is 8.53. The molecular formula is C25H37N7O4S. The molecule has 1 aromatic heterocycles. The molecule has 2 atom stereocenters. The lowest BCUT2D eigenvalue weighted by atomic mass is 10.0. The second kappa shape index (κ2) is 15.5. The van der Waals surface area contributed by atoms with E-state index in [-0.39, 0.29) is 43.5 Å². The summed E-state index contributed by atoms with van der Waals surface area (Å²) in [6.07, 6.45) is 1.65. The minimum absolute atomic E-state index is 0.0613. The van der Waals surface area contributed by atoms with Crippen molar-refractivity contribution < 1.29 is 19.5 Å². The summed E-state index contributed by atoms with van der Waals surface area (Å²) in [5.74, 6) is -1.15. The van der Waals surface area contributed by atoms with E-state index in [1.807, 2.05) is 24.4 Å². The Labute approximate surface area is 221 Å². The van der Waals surface area contributed by atoms with Crippen LogP contribution in [0.5, 0.6) is 5.75 Å². The normalized spacial score (nSPS) is 12.3. The van der Waals surface area contributed by atoms with E-state index in [9.17, 15) is 19.5 Å². The fourth-order valence-electron chi connectivity index (χ4n) is 3.59. The zero-order valence-corrected chi connectivity index (χ0v) is 21.9. The molecule has 0 aliphatic carbocycles. The molecule has 37 heavy (non-hydrogen) atoms. The van der Waals surface area contributed by atoms with Crippen molar-refractivity contribution in [2.75, 3.05) is 26.2 Å². The third-order valence-corrected chi connectivity index (χ3v) is 6.60. The van der Waals surface area contributed by atoms with E-state index in [4.69, 9.17) is 17.2 Å². The molecule has 0 unspecified atom stereocenters. The highest BCUT2D eigenvalue weighted by Crippen LogP contribution is 2.12. The fraction of sp³-hybridized carbons (Fsp3) is 0.440. The molecule has 0 fully saturated rings. The summed E-state index contributed by atoms with van der Waals surface area (Å²) in [7, 11) is 0. The molecule has 9 N–H and O–H groups in total. The number of likely N-dealkylation sites (N-methyl/N-ethyl adjacent to an activating group) is 1. The molecule has 0 spiro atoms. The van der Waals surface area contributed by atoms with Crippen molar-refractivity contribution in [3.8, 4) is 5.75 Å². The number of aromatic hydroxyl groups is 1. The van der Waals surface area contributed by atoms with Crippen LogP contribution in [0, 0.1) is 0 Å². The Kier molecular flexibility index (Phi) is 12.4. The summed E-state index contributed by atoms with van der Waals surface area (Å²) in [5.41, 5.74) is 17.5. The van der Waals surface area contributed by atoms with Gasteiger partial charge in [0.15, 0.2) is 5.96 Å². The third kappa shape index (κ3) is 10.9. The summed E-state index contributed by atoms with van der Waals surface area (Å²) < 4.78 is 0. The van der Waals surface area contributed by atoms with Gasteiger partial charge in [0.05, 0.1) is 12.6 Å². The van der Waals surface area contributed by atoms with Gasteiger partial charge in [-0.3, -0.25) is 19.4 Å². The molecule has 0 bridgehead atoms. The summed E-state index contributed by atoms with van der Waals surface area (Å²) in [6.45, 7) is 3.06. The van der Waals surface area contributed by atoms with Crippen LogP contribution in [0.15, 0.2) is 46.8 Å². The average molecular weight is 532 g/mol. The first-order valence-electron chi connectivity index (χ1n) is 12.2. The first kappa shape index (κ1) is 29.6. The van der Waals surface area contributed by atoms with E-state index >= 15 is 0 Å². The zero-order valence-electron chi connectivity index (χ0n) is 21.1. The van der Waals surface area contributed by atoms with E-state index in [0.29, 0.717) is 19.5 Å². The van der Waals surface area contributed by atoms with Crippen molar-refractivity contribution in [2.45, 2.75) is 44.7 Å². The minimum atomic E-state index is -0.915. The molecule has 0 saturated carbocycles. The van der Waals surface area contributed by atoms with Gasteiger partial charge in [0.25, 0.3) is 0 Å². The number of hydrogen-bond donors (Lipinski definition) is 6. The number of phenols is 1. The molecule has 1 aromatic carbocycles. The van der Waals surface area contributed by atoms with Crippen LogP contribution in [0.4, 0.5) is 0 Å². The minimum Gasteiger partial charge on any atom is -0.508 e. The lowest BCUT2D eigenvalue weighted by molar-refractivity contribution is -0.134. The van der Waals surface area contributed by atoms with Gasteiger partial charge in [-0.25, -0.2) is 0 Å². The van der Waals surface area contributed by atoms with Crippen LogP contribution in [-0.4, -0.2) is 72.0 Å². The van der Waals surface area contributed by atoms with Gasteiger partial charge < -0.3 is 37.8 Å². The smallest absolute Gasteiger partial charge is 0.243 e. The first-order chi connectivity index (χ1) is 17.7. The second-order valence-corrected chi connectivity index (χ2v) is 9.54. The largest absolute Gasteiger partial charge is 0.508 e. The standard InChI is InChI=1S/C25H37N7O4S/c1-2-32(13-11-19-5-4-14-37-19)22(34)16-30-24(36)21(6-3-12-29-25(27)28)31-23(35)20(26)15-17-7-9-18(33)10-8-17/h4-5,7-10,14,20-21,33H,2-3,6,11-13,15-16,26H2,1H3,(H,30,36)(H,31,35)(H4,27,28,29)/t20-,21+/m0/s1. The molecular weight excluding hydrogens is 494 g/mol. The molecule has 3 amide bonds. The van der Waals surface area contributed by atoms with Gasteiger partial charge in [-0.05, 0) is 61.7 Å². The number of thiophene rings is 1. The number of nitrogens with zero attached hydrogens (tertiary/aromatic N) is 2. The Morgan fingerprint density at radius 2 is 1.86 bits per heavy atom. The van der Waals surface area contributed by atoms with Crippen LogP contribution in [0.3, 0.4) is 0 Å². The lowest BCUT2D eigenvalue weighted by Crippen LogP contribution is -2.53. The topological polar surface area (TPSA) is 189 Å². The Bertz CT molecular complexity index is 1020. The van der Waals surface area contributed by atoms with Crippen molar-refractivity contribution >= 4 is 35.0 Å². The Morgan fingerprint density at radius 1 is 1.14 bits per heavy atom. The maximum atomic E-state index is 12.9. The van der Waals surface area contributed by atoms with Crippen LogP contribution < -0.4 is 27.8 Å². The molecule has 0 radical (unpaired) electrons. The SMILES string of the molecule is CCN(CCc1cccs1)C(=O)CNC(=O)[C@@H](CCCN=C(N)N)NC(=O)[C@@H](N)Cc1ccc(O)cc1. The van der Waals surface area contributed by atoms with Crippen molar-refractivity contribution in [3.05, 3.63) is 52.2 Å². The van der Waals surface area contributed by atoms with Crippen LogP contribution in [0.2, 0.25) is 0 Å². The van der Waals surface area contributed by atoms with Gasteiger partial charge in [-0.1, -0.05) is 18.2 Å². The van der Waals surface area contributed by atoms with E-state index in [2.05, 4.69) is 15.6 Å². The lowest BCUT2D eigenvalue weighted by Gasteiger charge is -2.23. The van der Waals surface area contributed by atoms with E-state index in [1.165, 1.54) is 17.0 Å². The molecule has 0 aliphatic heterocycles. The molecule has 12 heteroatoms. The molecule has 1 heterocycles. The van der Waals surface area contributed by atoms with Gasteiger partial charge in [0.1, 0.15) is 11.8 Å². The number of nitrogens with two attached hydrogens (primary N) is 3. The number of guanidine groups is 1. The monoisotopic (exact) mass is 531 g/mol. The van der Waals surface area contributed by atoms with Crippen molar-refractivity contribution in [2.24, 2.45) is 22.2 Å². The van der Waals surface area contributed by atoms with Gasteiger partial charge >= 0.3 is 0 Å².